The average molecular weight is 212 g/mol. The zero-order chi connectivity index (χ0) is 11.4. The van der Waals surface area contributed by atoms with Gasteiger partial charge in [0.2, 0.25) is 0 Å². The van der Waals surface area contributed by atoms with Crippen LogP contribution in [0.3, 0.4) is 0 Å². The Hall–Kier alpha value is -1.46. The maximum absolute atomic E-state index is 10.7. The van der Waals surface area contributed by atoms with Gasteiger partial charge in [0.1, 0.15) is 10.8 Å². The maximum Gasteiger partial charge on any atom is 0.413 e. The smallest absolute Gasteiger partial charge is 0.358 e. The molecule has 0 atom stereocenters. The van der Waals surface area contributed by atoms with Gasteiger partial charge < -0.3 is 10.1 Å². The van der Waals surface area contributed by atoms with Gasteiger partial charge in [-0.25, -0.2) is 4.68 Å². The Bertz CT molecular complexity index is 346. The first kappa shape index (κ1) is 11.6. The first-order valence-corrected chi connectivity index (χ1v) is 5.16. The highest BCUT2D eigenvalue weighted by molar-refractivity contribution is 5.25. The van der Waals surface area contributed by atoms with Crippen LogP contribution in [-0.4, -0.2) is 19.9 Å². The molecule has 0 fully saturated rings. The second-order valence-electron chi connectivity index (χ2n) is 3.76. The number of hydrogen-bond acceptors (Lipinski definition) is 4. The molecule has 6 heteroatoms. The molecule has 0 unspecified atom stereocenters. The van der Waals surface area contributed by atoms with Crippen molar-refractivity contribution in [3.05, 3.63) is 15.8 Å². The van der Waals surface area contributed by atoms with Crippen LogP contribution >= 0.6 is 0 Å². The van der Waals surface area contributed by atoms with E-state index in [4.69, 9.17) is 0 Å². The first-order chi connectivity index (χ1) is 7.07. The largest absolute Gasteiger partial charge is 0.413 e. The number of unbranched alkanes of at least 4 members (excludes halogenated alkanes) is 1. The molecule has 0 saturated carbocycles. The quantitative estimate of drug-likeness (QED) is 0.553. The van der Waals surface area contributed by atoms with Gasteiger partial charge in [0, 0.05) is 0 Å². The molecular weight excluding hydrogens is 196 g/mol. The molecule has 1 aromatic rings. The summed E-state index contributed by atoms with van der Waals surface area (Å²) in [5.74, 6) is -0.0999. The highest BCUT2D eigenvalue weighted by atomic mass is 16.6. The molecule has 0 N–H and O–H groups in total. The van der Waals surface area contributed by atoms with Crippen LogP contribution in [0.4, 0.5) is 5.82 Å². The molecule has 0 bridgehead atoms. The molecule has 0 saturated heterocycles. The summed E-state index contributed by atoms with van der Waals surface area (Å²) in [7, 11) is 0. The van der Waals surface area contributed by atoms with E-state index in [1.54, 1.807) is 4.68 Å². The van der Waals surface area contributed by atoms with E-state index in [0.717, 1.165) is 12.8 Å². The molecule has 0 aliphatic rings. The van der Waals surface area contributed by atoms with Crippen molar-refractivity contribution in [1.29, 1.82) is 0 Å². The van der Waals surface area contributed by atoms with E-state index in [0.29, 0.717) is 12.1 Å². The molecule has 0 aliphatic heterocycles. The summed E-state index contributed by atoms with van der Waals surface area (Å²) in [6.07, 6.45) is 2.58. The van der Waals surface area contributed by atoms with Crippen molar-refractivity contribution in [2.24, 2.45) is 0 Å². The van der Waals surface area contributed by atoms with Crippen LogP contribution in [-0.2, 0) is 6.42 Å². The van der Waals surface area contributed by atoms with Gasteiger partial charge in [0.15, 0.2) is 0 Å². The molecule has 0 aromatic carbocycles. The monoisotopic (exact) mass is 212 g/mol. The van der Waals surface area contributed by atoms with Crippen LogP contribution in [0.25, 0.3) is 0 Å². The first-order valence-electron chi connectivity index (χ1n) is 5.16. The molecular formula is C9H16N4O2. The standard InChI is InChI=1S/C9H16N4O2/c1-4-5-6-8-9(13(14)15)10-11-12(8)7(2)3/h7H,4-6H2,1-3H3. The number of rotatable bonds is 5. The van der Waals surface area contributed by atoms with Crippen molar-refractivity contribution in [2.45, 2.75) is 46.1 Å². The summed E-state index contributed by atoms with van der Waals surface area (Å²) in [5.41, 5.74) is 0.636. The second-order valence-corrected chi connectivity index (χ2v) is 3.76. The molecule has 1 rings (SSSR count). The van der Waals surface area contributed by atoms with Gasteiger partial charge in [0.25, 0.3) is 0 Å². The Kier molecular flexibility index (Phi) is 3.76. The lowest BCUT2D eigenvalue weighted by atomic mass is 10.2. The Morgan fingerprint density at radius 3 is 2.67 bits per heavy atom. The lowest BCUT2D eigenvalue weighted by molar-refractivity contribution is -0.390. The normalized spacial score (nSPS) is 10.9. The molecule has 0 aliphatic carbocycles. The lowest BCUT2D eigenvalue weighted by Gasteiger charge is -2.06. The third kappa shape index (κ3) is 2.51. The second kappa shape index (κ2) is 4.86. The number of hydrogen-bond donors (Lipinski definition) is 0. The van der Waals surface area contributed by atoms with Gasteiger partial charge in [-0.1, -0.05) is 13.3 Å². The van der Waals surface area contributed by atoms with E-state index >= 15 is 0 Å². The van der Waals surface area contributed by atoms with Gasteiger partial charge in [-0.05, 0) is 31.6 Å². The molecule has 0 amide bonds. The van der Waals surface area contributed by atoms with Crippen molar-refractivity contribution < 1.29 is 4.92 Å². The summed E-state index contributed by atoms with van der Waals surface area (Å²) < 4.78 is 1.63. The van der Waals surface area contributed by atoms with Crippen molar-refractivity contribution in [2.75, 3.05) is 0 Å². The van der Waals surface area contributed by atoms with Crippen LogP contribution in [0.2, 0.25) is 0 Å². The lowest BCUT2D eigenvalue weighted by Crippen LogP contribution is -2.08. The summed E-state index contributed by atoms with van der Waals surface area (Å²) in [5, 5.41) is 18.1. The van der Waals surface area contributed by atoms with Crippen molar-refractivity contribution in [1.82, 2.24) is 15.0 Å². The van der Waals surface area contributed by atoms with E-state index in [2.05, 4.69) is 17.2 Å². The molecule has 0 spiro atoms. The average Bonchev–Trinajstić information content (AvgIpc) is 2.57. The minimum atomic E-state index is -0.461. The molecule has 1 heterocycles. The fraction of sp³-hybridized carbons (Fsp3) is 0.778. The third-order valence-corrected chi connectivity index (χ3v) is 2.20. The molecule has 15 heavy (non-hydrogen) atoms. The zero-order valence-corrected chi connectivity index (χ0v) is 9.30. The maximum atomic E-state index is 10.7. The number of aromatic nitrogens is 3. The topological polar surface area (TPSA) is 73.8 Å². The minimum Gasteiger partial charge on any atom is -0.358 e. The molecule has 1 aromatic heterocycles. The predicted octanol–water partition coefficient (Wildman–Crippen LogP) is 2.11. The van der Waals surface area contributed by atoms with Gasteiger partial charge in [-0.3, -0.25) is 0 Å². The van der Waals surface area contributed by atoms with Crippen LogP contribution in [0.15, 0.2) is 0 Å². The van der Waals surface area contributed by atoms with E-state index in [1.165, 1.54) is 0 Å². The highest BCUT2D eigenvalue weighted by Crippen LogP contribution is 2.20. The van der Waals surface area contributed by atoms with Crippen LogP contribution in [0.1, 0.15) is 45.3 Å². The minimum absolute atomic E-state index is 0.0999. The van der Waals surface area contributed by atoms with E-state index < -0.39 is 4.92 Å². The van der Waals surface area contributed by atoms with Crippen LogP contribution in [0.5, 0.6) is 0 Å². The summed E-state index contributed by atoms with van der Waals surface area (Å²) >= 11 is 0. The van der Waals surface area contributed by atoms with Crippen LogP contribution in [0, 0.1) is 10.1 Å². The van der Waals surface area contributed by atoms with Gasteiger partial charge in [-0.2, -0.15) is 0 Å². The number of nitrogens with zero attached hydrogens (tertiary/aromatic N) is 4. The SMILES string of the molecule is CCCCc1c([N+](=O)[O-])nnn1C(C)C. The van der Waals surface area contributed by atoms with Gasteiger partial charge in [0.05, 0.1) is 11.3 Å². The van der Waals surface area contributed by atoms with Crippen LogP contribution < -0.4 is 0 Å². The summed E-state index contributed by atoms with van der Waals surface area (Å²) in [6.45, 7) is 5.93. The predicted molar refractivity (Wildman–Crippen MR) is 55.7 cm³/mol. The molecule has 0 radical (unpaired) electrons. The van der Waals surface area contributed by atoms with Crippen molar-refractivity contribution in [3.63, 3.8) is 0 Å². The Morgan fingerprint density at radius 1 is 1.53 bits per heavy atom. The highest BCUT2D eigenvalue weighted by Gasteiger charge is 2.24. The van der Waals surface area contributed by atoms with E-state index in [1.807, 2.05) is 13.8 Å². The van der Waals surface area contributed by atoms with Gasteiger partial charge in [-0.15, -0.1) is 0 Å². The Labute approximate surface area is 88.4 Å². The zero-order valence-electron chi connectivity index (χ0n) is 9.30. The molecule has 84 valence electrons. The van der Waals surface area contributed by atoms with Crippen molar-refractivity contribution in [3.8, 4) is 0 Å². The summed E-state index contributed by atoms with van der Waals surface area (Å²) in [4.78, 5) is 10.2. The molecule has 6 nitrogen and oxygen atoms in total. The number of nitro groups is 1. The van der Waals surface area contributed by atoms with E-state index in [-0.39, 0.29) is 11.9 Å². The fourth-order valence-electron chi connectivity index (χ4n) is 1.43. The van der Waals surface area contributed by atoms with E-state index in [9.17, 15) is 10.1 Å². The summed E-state index contributed by atoms with van der Waals surface area (Å²) in [6, 6.07) is 0.109. The Morgan fingerprint density at radius 2 is 2.20 bits per heavy atom. The fourth-order valence-corrected chi connectivity index (χ4v) is 1.43. The van der Waals surface area contributed by atoms with Crippen molar-refractivity contribution >= 4 is 5.82 Å². The third-order valence-electron chi connectivity index (χ3n) is 2.20. The van der Waals surface area contributed by atoms with Gasteiger partial charge >= 0.3 is 5.82 Å². The Balaban J connectivity index is 3.03.